The molecule has 1 fully saturated rings. The number of carbonyl (C=O) groups is 1. The van der Waals surface area contributed by atoms with Gasteiger partial charge in [0.05, 0.1) is 18.2 Å². The van der Waals surface area contributed by atoms with E-state index in [1.807, 2.05) is 13.8 Å². The van der Waals surface area contributed by atoms with Crippen LogP contribution in [0.4, 0.5) is 0 Å². The van der Waals surface area contributed by atoms with Gasteiger partial charge in [0, 0.05) is 12.2 Å². The van der Waals surface area contributed by atoms with Crippen molar-refractivity contribution in [1.82, 2.24) is 9.78 Å². The zero-order chi connectivity index (χ0) is 22.1. The maximum Gasteiger partial charge on any atom is 0.360 e. The predicted molar refractivity (Wildman–Crippen MR) is 110 cm³/mol. The van der Waals surface area contributed by atoms with Gasteiger partial charge in [-0.1, -0.05) is 6.42 Å². The predicted octanol–water partition coefficient (Wildman–Crippen LogP) is 3.61. The van der Waals surface area contributed by atoms with E-state index < -0.39 is 21.7 Å². The van der Waals surface area contributed by atoms with Gasteiger partial charge in [0.1, 0.15) is 17.3 Å². The zero-order valence-corrected chi connectivity index (χ0v) is 18.4. The number of aromatic nitrogens is 2. The first-order chi connectivity index (χ1) is 14.1. The summed E-state index contributed by atoms with van der Waals surface area (Å²) in [5.41, 5.74) is 2.62. The second kappa shape index (κ2) is 8.48. The van der Waals surface area contributed by atoms with E-state index in [0.717, 1.165) is 36.6 Å². The summed E-state index contributed by atoms with van der Waals surface area (Å²) < 4.78 is 36.4. The molecule has 0 atom stereocenters. The molecule has 9 heteroatoms. The van der Waals surface area contributed by atoms with E-state index in [2.05, 4.69) is 11.2 Å². The van der Waals surface area contributed by atoms with Gasteiger partial charge in [0.25, 0.3) is 0 Å². The molecule has 8 nitrogen and oxygen atoms in total. The van der Waals surface area contributed by atoms with Crippen molar-refractivity contribution in [3.8, 4) is 17.6 Å². The summed E-state index contributed by atoms with van der Waals surface area (Å²) in [7, 11) is -3.46. The highest BCUT2D eigenvalue weighted by Crippen LogP contribution is 2.43. The number of carbonyl (C=O) groups excluding carboxylic acids is 1. The van der Waals surface area contributed by atoms with Gasteiger partial charge >= 0.3 is 5.97 Å². The topological polar surface area (TPSA) is 111 Å². The number of esters is 1. The Morgan fingerprint density at radius 1 is 1.30 bits per heavy atom. The van der Waals surface area contributed by atoms with Crippen molar-refractivity contribution in [2.45, 2.75) is 51.8 Å². The van der Waals surface area contributed by atoms with Crippen molar-refractivity contribution in [3.05, 3.63) is 40.2 Å². The molecule has 2 aromatic rings. The van der Waals surface area contributed by atoms with E-state index in [1.165, 1.54) is 4.68 Å². The van der Waals surface area contributed by atoms with E-state index in [1.54, 1.807) is 19.1 Å². The number of rotatable bonds is 7. The third kappa shape index (κ3) is 4.49. The average Bonchev–Trinajstić information content (AvgIpc) is 2.89. The number of sulfone groups is 1. The summed E-state index contributed by atoms with van der Waals surface area (Å²) in [4.78, 5) is 12.7. The van der Waals surface area contributed by atoms with Crippen molar-refractivity contribution in [3.63, 3.8) is 0 Å². The molecule has 1 aromatic carbocycles. The molecule has 1 aliphatic rings. The Balaban J connectivity index is 2.15. The molecule has 0 unspecified atom stereocenters. The number of hydrogen-bond acceptors (Lipinski definition) is 7. The fourth-order valence-corrected chi connectivity index (χ4v) is 4.13. The second-order valence-electron chi connectivity index (χ2n) is 7.61. The van der Waals surface area contributed by atoms with Crippen LogP contribution < -0.4 is 4.74 Å². The molecule has 1 aliphatic carbocycles. The Morgan fingerprint density at radius 2 is 1.93 bits per heavy atom. The van der Waals surface area contributed by atoms with Gasteiger partial charge in [-0.3, -0.25) is 0 Å². The maximum absolute atomic E-state index is 12.7. The number of benzene rings is 1. The molecule has 1 aromatic heterocycles. The third-order valence-corrected chi connectivity index (χ3v) is 5.80. The standard InChI is InChI=1S/C21H25N3O5S/c1-5-28-21(25)19-20(29-16-9-13(2)17(11-22)14(3)10-16)18(15-7-6-8-15)23-24(19)12-30(4,26)27/h9-10,15H,5-8,12H2,1-4H3. The summed E-state index contributed by atoms with van der Waals surface area (Å²) in [6, 6.07) is 5.61. The van der Waals surface area contributed by atoms with Crippen LogP contribution in [0.15, 0.2) is 12.1 Å². The van der Waals surface area contributed by atoms with Gasteiger partial charge in [0.15, 0.2) is 21.3 Å². The number of nitriles is 1. The molecule has 1 saturated carbocycles. The number of hydrogen-bond donors (Lipinski definition) is 0. The van der Waals surface area contributed by atoms with Crippen LogP contribution in [-0.2, 0) is 20.5 Å². The number of aryl methyl sites for hydroxylation is 2. The normalized spacial score (nSPS) is 14.1. The smallest absolute Gasteiger partial charge is 0.360 e. The van der Waals surface area contributed by atoms with Crippen molar-refractivity contribution in [1.29, 1.82) is 5.26 Å². The van der Waals surface area contributed by atoms with Crippen LogP contribution in [-0.4, -0.2) is 37.0 Å². The van der Waals surface area contributed by atoms with Crippen LogP contribution in [0, 0.1) is 25.2 Å². The minimum absolute atomic E-state index is 0.0103. The van der Waals surface area contributed by atoms with E-state index in [-0.39, 0.29) is 24.0 Å². The lowest BCUT2D eigenvalue weighted by Gasteiger charge is -2.24. The summed E-state index contributed by atoms with van der Waals surface area (Å²) in [6.07, 6.45) is 3.90. The fraction of sp³-hybridized carbons (Fsp3) is 0.476. The Morgan fingerprint density at radius 3 is 2.40 bits per heavy atom. The minimum atomic E-state index is -3.46. The largest absolute Gasteiger partial charge is 0.461 e. The number of nitrogens with zero attached hydrogens (tertiary/aromatic N) is 3. The first-order valence-electron chi connectivity index (χ1n) is 9.79. The highest BCUT2D eigenvalue weighted by molar-refractivity contribution is 7.89. The van der Waals surface area contributed by atoms with Crippen LogP contribution in [0.25, 0.3) is 0 Å². The molecular weight excluding hydrogens is 406 g/mol. The first-order valence-corrected chi connectivity index (χ1v) is 11.8. The molecule has 1 heterocycles. The van der Waals surface area contributed by atoms with Crippen LogP contribution in [0.1, 0.15) is 65.0 Å². The van der Waals surface area contributed by atoms with Crippen molar-refractivity contribution >= 4 is 15.8 Å². The van der Waals surface area contributed by atoms with E-state index in [0.29, 0.717) is 17.0 Å². The molecule has 30 heavy (non-hydrogen) atoms. The van der Waals surface area contributed by atoms with Gasteiger partial charge < -0.3 is 9.47 Å². The van der Waals surface area contributed by atoms with Gasteiger partial charge in [0.2, 0.25) is 0 Å². The quantitative estimate of drug-likeness (QED) is 0.616. The van der Waals surface area contributed by atoms with Crippen LogP contribution in [0.5, 0.6) is 11.5 Å². The molecule has 0 bridgehead atoms. The lowest BCUT2D eigenvalue weighted by molar-refractivity contribution is 0.0510. The Kier molecular flexibility index (Phi) is 6.17. The SMILES string of the molecule is CCOC(=O)c1c(Oc2cc(C)c(C#N)c(C)c2)c(C2CCC2)nn1CS(C)(=O)=O. The summed E-state index contributed by atoms with van der Waals surface area (Å²) in [5, 5.41) is 13.8. The van der Waals surface area contributed by atoms with Gasteiger partial charge in [-0.25, -0.2) is 17.9 Å². The van der Waals surface area contributed by atoms with Crippen LogP contribution in [0.3, 0.4) is 0 Å². The van der Waals surface area contributed by atoms with Crippen LogP contribution >= 0.6 is 0 Å². The molecule has 0 aliphatic heterocycles. The Labute approximate surface area is 176 Å². The number of ether oxygens (including phenoxy) is 2. The average molecular weight is 432 g/mol. The monoisotopic (exact) mass is 431 g/mol. The highest BCUT2D eigenvalue weighted by Gasteiger charge is 2.34. The first kappa shape index (κ1) is 21.8. The van der Waals surface area contributed by atoms with Gasteiger partial charge in [-0.15, -0.1) is 0 Å². The molecule has 3 rings (SSSR count). The highest BCUT2D eigenvalue weighted by atomic mass is 32.2. The van der Waals surface area contributed by atoms with Crippen molar-refractivity contribution in [2.75, 3.05) is 12.9 Å². The molecular formula is C21H25N3O5S. The molecule has 0 radical (unpaired) electrons. The maximum atomic E-state index is 12.7. The lowest BCUT2D eigenvalue weighted by Crippen LogP contribution is -2.18. The molecule has 0 saturated heterocycles. The van der Waals surface area contributed by atoms with Crippen molar-refractivity contribution < 1.29 is 22.7 Å². The van der Waals surface area contributed by atoms with Crippen molar-refractivity contribution in [2.24, 2.45) is 0 Å². The van der Waals surface area contributed by atoms with Gasteiger partial charge in [-0.05, 0) is 56.9 Å². The van der Waals surface area contributed by atoms with E-state index in [9.17, 15) is 18.5 Å². The molecule has 160 valence electrons. The second-order valence-corrected chi connectivity index (χ2v) is 9.72. The molecule has 0 amide bonds. The lowest BCUT2D eigenvalue weighted by atomic mass is 9.82. The molecule has 0 N–H and O–H groups in total. The summed E-state index contributed by atoms with van der Waals surface area (Å²) >= 11 is 0. The van der Waals surface area contributed by atoms with Gasteiger partial charge in [-0.2, -0.15) is 10.4 Å². The van der Waals surface area contributed by atoms with E-state index >= 15 is 0 Å². The third-order valence-electron chi connectivity index (χ3n) is 5.09. The molecule has 0 spiro atoms. The fourth-order valence-electron chi connectivity index (χ4n) is 3.50. The zero-order valence-electron chi connectivity index (χ0n) is 17.6. The van der Waals surface area contributed by atoms with E-state index in [4.69, 9.17) is 9.47 Å². The summed E-state index contributed by atoms with van der Waals surface area (Å²) in [5.74, 6) is -0.361. The minimum Gasteiger partial charge on any atom is -0.461 e. The summed E-state index contributed by atoms with van der Waals surface area (Å²) in [6.45, 7) is 5.43. The Hall–Kier alpha value is -2.86. The Bertz CT molecular complexity index is 1100. The van der Waals surface area contributed by atoms with Crippen LogP contribution in [0.2, 0.25) is 0 Å².